The van der Waals surface area contributed by atoms with Gasteiger partial charge in [0.1, 0.15) is 0 Å². The van der Waals surface area contributed by atoms with Gasteiger partial charge in [0.2, 0.25) is 0 Å². The summed E-state index contributed by atoms with van der Waals surface area (Å²) < 4.78 is 3.83. The average Bonchev–Trinajstić information content (AvgIpc) is 2.86. The molecule has 1 N–H and O–H groups in total. The summed E-state index contributed by atoms with van der Waals surface area (Å²) in [7, 11) is 0. The van der Waals surface area contributed by atoms with E-state index < -0.39 is 0 Å². The molecule has 0 fully saturated rings. The second-order valence-corrected chi connectivity index (χ2v) is 3.53. The molecule has 5 heteroatoms. The van der Waals surface area contributed by atoms with Gasteiger partial charge in [0.05, 0.1) is 37.4 Å². The van der Waals surface area contributed by atoms with Crippen LogP contribution in [0.15, 0.2) is 31.0 Å². The number of imidazole rings is 1. The Hall–Kier alpha value is -1.62. The Morgan fingerprint density at radius 2 is 2.40 bits per heavy atom. The van der Waals surface area contributed by atoms with Crippen LogP contribution in [0.3, 0.4) is 0 Å². The molecule has 0 aromatic carbocycles. The minimum absolute atomic E-state index is 0.0173. The monoisotopic (exact) mass is 206 g/mol. The standard InChI is InChI=1S/C10H14N4O/c1-9(6-13-4-2-3-12-13)14-8-11-5-10(14)7-15/h2-5,8-9,15H,6-7H2,1H3. The molecule has 1 atom stereocenters. The molecule has 0 saturated carbocycles. The van der Waals surface area contributed by atoms with E-state index in [2.05, 4.69) is 17.0 Å². The zero-order chi connectivity index (χ0) is 10.7. The first-order chi connectivity index (χ1) is 7.31. The van der Waals surface area contributed by atoms with Gasteiger partial charge in [0, 0.05) is 12.4 Å². The highest BCUT2D eigenvalue weighted by Gasteiger charge is 2.09. The average molecular weight is 206 g/mol. The van der Waals surface area contributed by atoms with E-state index in [-0.39, 0.29) is 12.6 Å². The summed E-state index contributed by atoms with van der Waals surface area (Å²) in [6, 6.07) is 2.13. The summed E-state index contributed by atoms with van der Waals surface area (Å²) in [4.78, 5) is 4.02. The van der Waals surface area contributed by atoms with Gasteiger partial charge in [-0.05, 0) is 13.0 Å². The Morgan fingerprint density at radius 3 is 3.07 bits per heavy atom. The topological polar surface area (TPSA) is 55.9 Å². The van der Waals surface area contributed by atoms with Gasteiger partial charge in [-0.2, -0.15) is 5.10 Å². The van der Waals surface area contributed by atoms with Crippen LogP contribution in [0.2, 0.25) is 0 Å². The zero-order valence-corrected chi connectivity index (χ0v) is 8.61. The number of nitrogens with zero attached hydrogens (tertiary/aromatic N) is 4. The molecular formula is C10H14N4O. The van der Waals surface area contributed by atoms with Crippen molar-refractivity contribution < 1.29 is 5.11 Å². The summed E-state index contributed by atoms with van der Waals surface area (Å²) in [5.41, 5.74) is 0.828. The Kier molecular flexibility index (Phi) is 2.82. The van der Waals surface area contributed by atoms with E-state index in [1.54, 1.807) is 18.7 Å². The van der Waals surface area contributed by atoms with Crippen LogP contribution in [-0.4, -0.2) is 24.4 Å². The molecule has 2 heterocycles. The van der Waals surface area contributed by atoms with E-state index in [4.69, 9.17) is 5.11 Å². The lowest BCUT2D eigenvalue weighted by molar-refractivity contribution is 0.264. The lowest BCUT2D eigenvalue weighted by Crippen LogP contribution is -2.14. The van der Waals surface area contributed by atoms with Gasteiger partial charge in [0.25, 0.3) is 0 Å². The molecule has 2 rings (SSSR count). The van der Waals surface area contributed by atoms with Crippen molar-refractivity contribution >= 4 is 0 Å². The fourth-order valence-electron chi connectivity index (χ4n) is 1.62. The second-order valence-electron chi connectivity index (χ2n) is 3.53. The van der Waals surface area contributed by atoms with Crippen LogP contribution in [-0.2, 0) is 13.2 Å². The van der Waals surface area contributed by atoms with Crippen LogP contribution in [0.4, 0.5) is 0 Å². The number of aromatic nitrogens is 4. The van der Waals surface area contributed by atoms with Crippen LogP contribution in [0.5, 0.6) is 0 Å². The number of aliphatic hydroxyl groups is 1. The molecule has 1 unspecified atom stereocenters. The summed E-state index contributed by atoms with van der Waals surface area (Å²) in [6.45, 7) is 2.86. The van der Waals surface area contributed by atoms with Crippen LogP contribution in [0.25, 0.3) is 0 Å². The van der Waals surface area contributed by atoms with Crippen molar-refractivity contribution in [3.05, 3.63) is 36.7 Å². The number of hydrogen-bond acceptors (Lipinski definition) is 3. The van der Waals surface area contributed by atoms with Crippen molar-refractivity contribution in [2.75, 3.05) is 0 Å². The SMILES string of the molecule is CC(Cn1cccn1)n1cncc1CO. The summed E-state index contributed by atoms with van der Waals surface area (Å²) in [6.07, 6.45) is 7.10. The third-order valence-corrected chi connectivity index (χ3v) is 2.39. The maximum Gasteiger partial charge on any atom is 0.0952 e. The lowest BCUT2D eigenvalue weighted by Gasteiger charge is -2.15. The predicted molar refractivity (Wildman–Crippen MR) is 55.1 cm³/mol. The van der Waals surface area contributed by atoms with E-state index in [1.807, 2.05) is 21.5 Å². The first kappa shape index (κ1) is 9.92. The van der Waals surface area contributed by atoms with Gasteiger partial charge in [-0.3, -0.25) is 4.68 Å². The Labute approximate surface area is 88.0 Å². The quantitative estimate of drug-likeness (QED) is 0.806. The molecule has 5 nitrogen and oxygen atoms in total. The van der Waals surface area contributed by atoms with Gasteiger partial charge in [-0.25, -0.2) is 4.98 Å². The first-order valence-corrected chi connectivity index (χ1v) is 4.90. The molecule has 0 aliphatic heterocycles. The van der Waals surface area contributed by atoms with Crippen molar-refractivity contribution in [2.24, 2.45) is 0 Å². The number of hydrogen-bond donors (Lipinski definition) is 1. The molecule has 0 amide bonds. The van der Waals surface area contributed by atoms with E-state index in [0.29, 0.717) is 0 Å². The molecule has 0 saturated heterocycles. The third-order valence-electron chi connectivity index (χ3n) is 2.39. The Balaban J connectivity index is 2.11. The maximum atomic E-state index is 9.10. The maximum absolute atomic E-state index is 9.10. The highest BCUT2D eigenvalue weighted by Crippen LogP contribution is 2.11. The van der Waals surface area contributed by atoms with Crippen LogP contribution >= 0.6 is 0 Å². The molecular weight excluding hydrogens is 192 g/mol. The van der Waals surface area contributed by atoms with E-state index in [0.717, 1.165) is 12.2 Å². The zero-order valence-electron chi connectivity index (χ0n) is 8.61. The van der Waals surface area contributed by atoms with Crippen molar-refractivity contribution in [3.63, 3.8) is 0 Å². The minimum atomic E-state index is 0.0173. The molecule has 0 bridgehead atoms. The largest absolute Gasteiger partial charge is 0.390 e. The highest BCUT2D eigenvalue weighted by molar-refractivity contribution is 4.98. The van der Waals surface area contributed by atoms with E-state index >= 15 is 0 Å². The molecule has 0 spiro atoms. The molecule has 0 radical (unpaired) electrons. The van der Waals surface area contributed by atoms with Gasteiger partial charge in [-0.15, -0.1) is 0 Å². The van der Waals surface area contributed by atoms with Gasteiger partial charge >= 0.3 is 0 Å². The normalized spacial score (nSPS) is 12.9. The summed E-state index contributed by atoms with van der Waals surface area (Å²) >= 11 is 0. The number of rotatable bonds is 4. The van der Waals surface area contributed by atoms with Gasteiger partial charge < -0.3 is 9.67 Å². The van der Waals surface area contributed by atoms with Crippen LogP contribution in [0, 0.1) is 0 Å². The van der Waals surface area contributed by atoms with Gasteiger partial charge in [0.15, 0.2) is 0 Å². The predicted octanol–water partition coefficient (Wildman–Crippen LogP) is 0.833. The third kappa shape index (κ3) is 2.07. The Bertz CT molecular complexity index is 407. The van der Waals surface area contributed by atoms with Crippen molar-refractivity contribution in [3.8, 4) is 0 Å². The van der Waals surface area contributed by atoms with Crippen LogP contribution < -0.4 is 0 Å². The van der Waals surface area contributed by atoms with Crippen LogP contribution in [0.1, 0.15) is 18.7 Å². The van der Waals surface area contributed by atoms with Crippen molar-refractivity contribution in [2.45, 2.75) is 26.1 Å². The Morgan fingerprint density at radius 1 is 1.53 bits per heavy atom. The fourth-order valence-corrected chi connectivity index (χ4v) is 1.62. The second kappa shape index (κ2) is 4.27. The van der Waals surface area contributed by atoms with Gasteiger partial charge in [-0.1, -0.05) is 0 Å². The summed E-state index contributed by atoms with van der Waals surface area (Å²) in [5, 5.41) is 13.2. The van der Waals surface area contributed by atoms with E-state index in [9.17, 15) is 0 Å². The summed E-state index contributed by atoms with van der Waals surface area (Å²) in [5.74, 6) is 0. The first-order valence-electron chi connectivity index (χ1n) is 4.90. The molecule has 80 valence electrons. The highest BCUT2D eigenvalue weighted by atomic mass is 16.3. The smallest absolute Gasteiger partial charge is 0.0952 e. The fraction of sp³-hybridized carbons (Fsp3) is 0.400. The van der Waals surface area contributed by atoms with E-state index in [1.165, 1.54) is 0 Å². The number of aliphatic hydroxyl groups excluding tert-OH is 1. The minimum Gasteiger partial charge on any atom is -0.390 e. The molecule has 2 aromatic rings. The molecule has 0 aliphatic rings. The molecule has 15 heavy (non-hydrogen) atoms. The lowest BCUT2D eigenvalue weighted by atomic mass is 10.3. The molecule has 0 aliphatic carbocycles. The molecule has 2 aromatic heterocycles. The van der Waals surface area contributed by atoms with Crippen molar-refractivity contribution in [1.82, 2.24) is 19.3 Å². The van der Waals surface area contributed by atoms with Crippen molar-refractivity contribution in [1.29, 1.82) is 0 Å².